The molecule has 1 rings (SSSR count). The zero-order chi connectivity index (χ0) is 12.5. The third-order valence-corrected chi connectivity index (χ3v) is 4.73. The molecule has 1 heterocycles. The van der Waals surface area contributed by atoms with Crippen molar-refractivity contribution in [2.45, 2.75) is 77.4 Å². The van der Waals surface area contributed by atoms with E-state index in [1.54, 1.807) is 5.04 Å². The van der Waals surface area contributed by atoms with Gasteiger partial charge in [0.15, 0.2) is 6.54 Å². The topological polar surface area (TPSA) is 3.01 Å². The number of hydrogen-bond acceptors (Lipinski definition) is 1. The fourth-order valence-corrected chi connectivity index (χ4v) is 3.68. The Balaban J connectivity index is 0.00000289. The fourth-order valence-electron chi connectivity index (χ4n) is 2.53. The van der Waals surface area contributed by atoms with Crippen LogP contribution in [0, 0.1) is 0 Å². The lowest BCUT2D eigenvalue weighted by Gasteiger charge is -2.02. The van der Waals surface area contributed by atoms with Crippen LogP contribution in [0.5, 0.6) is 0 Å². The van der Waals surface area contributed by atoms with Crippen LogP contribution in [0.3, 0.4) is 0 Å². The third kappa shape index (κ3) is 8.03. The minimum atomic E-state index is 0. The third-order valence-electron chi connectivity index (χ3n) is 3.58. The molecule has 1 unspecified atom stereocenters. The van der Waals surface area contributed by atoms with Crippen molar-refractivity contribution in [3.8, 4) is 0 Å². The molecule has 0 aliphatic carbocycles. The molecule has 0 amide bonds. The molecule has 108 valence electrons. The number of halogens is 1. The number of rotatable bonds is 9. The molecule has 0 aromatic carbocycles. The lowest BCUT2D eigenvalue weighted by Crippen LogP contribution is -3.00. The Hall–Kier alpha value is 0.750. The Labute approximate surface area is 135 Å². The summed E-state index contributed by atoms with van der Waals surface area (Å²) in [5, 5.41) is 2.35. The van der Waals surface area contributed by atoms with E-state index in [9.17, 15) is 0 Å². The van der Waals surface area contributed by atoms with Gasteiger partial charge in [-0.3, -0.25) is 0 Å². The van der Waals surface area contributed by atoms with Gasteiger partial charge in [-0.05, 0) is 13.3 Å². The largest absolute Gasteiger partial charge is 1.00 e. The van der Waals surface area contributed by atoms with Crippen molar-refractivity contribution in [3.63, 3.8) is 0 Å². The molecule has 0 saturated carbocycles. The van der Waals surface area contributed by atoms with E-state index in [-0.39, 0.29) is 24.0 Å². The Kier molecular flexibility index (Phi) is 12.0. The summed E-state index contributed by atoms with van der Waals surface area (Å²) in [6, 6.07) is 0. The van der Waals surface area contributed by atoms with Crippen LogP contribution in [0.4, 0.5) is 0 Å². The van der Waals surface area contributed by atoms with Crippen LogP contribution in [-0.2, 0) is 0 Å². The summed E-state index contributed by atoms with van der Waals surface area (Å²) in [7, 11) is 0. The van der Waals surface area contributed by atoms with E-state index in [0.29, 0.717) is 0 Å². The normalized spacial score (nSPS) is 19.2. The van der Waals surface area contributed by atoms with Crippen molar-refractivity contribution >= 4 is 16.8 Å². The van der Waals surface area contributed by atoms with E-state index in [2.05, 4.69) is 25.3 Å². The summed E-state index contributed by atoms with van der Waals surface area (Å²) >= 11 is 2.05. The van der Waals surface area contributed by atoms with Gasteiger partial charge >= 0.3 is 0 Å². The van der Waals surface area contributed by atoms with Gasteiger partial charge in [0.1, 0.15) is 6.54 Å². The highest BCUT2D eigenvalue weighted by atomic mass is 127. The highest BCUT2D eigenvalue weighted by molar-refractivity contribution is 8.14. The lowest BCUT2D eigenvalue weighted by atomic mass is 10.1. The van der Waals surface area contributed by atoms with Gasteiger partial charge in [-0.1, -0.05) is 57.2 Å². The first kappa shape index (κ1) is 18.8. The molecule has 3 heteroatoms. The monoisotopic (exact) mass is 383 g/mol. The molecule has 0 radical (unpaired) electrons. The molecule has 1 atom stereocenters. The second-order valence-electron chi connectivity index (χ2n) is 5.37. The van der Waals surface area contributed by atoms with E-state index >= 15 is 0 Å². The molecule has 1 nitrogen and oxygen atoms in total. The molecule has 0 bridgehead atoms. The quantitative estimate of drug-likeness (QED) is 0.333. The number of nitrogens with zero attached hydrogens (tertiary/aromatic N) is 1. The van der Waals surface area contributed by atoms with Gasteiger partial charge in [-0.25, -0.2) is 4.58 Å². The van der Waals surface area contributed by atoms with Crippen molar-refractivity contribution in [3.05, 3.63) is 0 Å². The van der Waals surface area contributed by atoms with Crippen LogP contribution in [0.1, 0.15) is 72.1 Å². The Morgan fingerprint density at radius 1 is 1.06 bits per heavy atom. The maximum atomic E-state index is 2.58. The average molecular weight is 383 g/mol. The number of hydrogen-bond donors (Lipinski definition) is 0. The SMILES string of the molecule is CCCCCCCCCC[N+]1=C(C)SC(C)C1.[I-]. The van der Waals surface area contributed by atoms with Crippen LogP contribution in [0.2, 0.25) is 0 Å². The van der Waals surface area contributed by atoms with Crippen molar-refractivity contribution in [1.82, 2.24) is 0 Å². The lowest BCUT2D eigenvalue weighted by molar-refractivity contribution is -0.521. The zero-order valence-corrected chi connectivity index (χ0v) is 15.4. The van der Waals surface area contributed by atoms with Gasteiger partial charge in [0.05, 0.1) is 5.25 Å². The minimum absolute atomic E-state index is 0. The molecule has 0 saturated heterocycles. The maximum absolute atomic E-state index is 2.58. The van der Waals surface area contributed by atoms with Crippen LogP contribution in [0.25, 0.3) is 0 Å². The van der Waals surface area contributed by atoms with Gasteiger partial charge < -0.3 is 24.0 Å². The predicted octanol–water partition coefficient (Wildman–Crippen LogP) is 1.70. The van der Waals surface area contributed by atoms with Crippen LogP contribution in [-0.4, -0.2) is 28.0 Å². The second kappa shape index (κ2) is 11.6. The minimum Gasteiger partial charge on any atom is -1.00 e. The first-order valence-corrected chi connectivity index (χ1v) is 8.37. The van der Waals surface area contributed by atoms with E-state index in [1.807, 2.05) is 11.8 Å². The van der Waals surface area contributed by atoms with E-state index in [4.69, 9.17) is 0 Å². The van der Waals surface area contributed by atoms with Crippen LogP contribution in [0.15, 0.2) is 0 Å². The summed E-state index contributed by atoms with van der Waals surface area (Å²) in [6.45, 7) is 9.46. The fraction of sp³-hybridized carbons (Fsp3) is 0.933. The molecule has 18 heavy (non-hydrogen) atoms. The molecule has 0 aromatic rings. The molecule has 0 spiro atoms. The summed E-state index contributed by atoms with van der Waals surface area (Å²) in [5.41, 5.74) is 0. The summed E-state index contributed by atoms with van der Waals surface area (Å²) in [5.74, 6) is 0. The second-order valence-corrected chi connectivity index (χ2v) is 7.00. The van der Waals surface area contributed by atoms with Crippen LogP contribution >= 0.6 is 11.8 Å². The van der Waals surface area contributed by atoms with E-state index in [1.165, 1.54) is 64.5 Å². The Bertz CT molecular complexity index is 241. The highest BCUT2D eigenvalue weighted by Gasteiger charge is 2.24. The molecule has 0 aromatic heterocycles. The van der Waals surface area contributed by atoms with Crippen molar-refractivity contribution in [1.29, 1.82) is 0 Å². The standard InChI is InChI=1S/C15H30NS.HI/c1-4-5-6-7-8-9-10-11-12-16-13-14(2)17-15(16)3;/h14H,4-13H2,1-3H3;1H/q+1;/p-1. The van der Waals surface area contributed by atoms with E-state index < -0.39 is 0 Å². The molecule has 1 aliphatic rings. The van der Waals surface area contributed by atoms with Crippen molar-refractivity contribution in [2.75, 3.05) is 13.1 Å². The smallest absolute Gasteiger partial charge is 0.207 e. The molecular weight excluding hydrogens is 353 g/mol. The zero-order valence-electron chi connectivity index (χ0n) is 12.4. The molecule has 0 fully saturated rings. The Morgan fingerprint density at radius 2 is 1.61 bits per heavy atom. The first-order chi connectivity index (χ1) is 8.24. The Morgan fingerprint density at radius 3 is 2.11 bits per heavy atom. The summed E-state index contributed by atoms with van der Waals surface area (Å²) < 4.78 is 2.58. The van der Waals surface area contributed by atoms with Gasteiger partial charge in [0.2, 0.25) is 5.04 Å². The molecule has 1 aliphatic heterocycles. The summed E-state index contributed by atoms with van der Waals surface area (Å²) in [4.78, 5) is 0. The van der Waals surface area contributed by atoms with Crippen molar-refractivity contribution in [2.24, 2.45) is 0 Å². The average Bonchev–Trinajstić information content (AvgIpc) is 2.61. The predicted molar refractivity (Wildman–Crippen MR) is 80.3 cm³/mol. The molecule has 0 N–H and O–H groups in total. The van der Waals surface area contributed by atoms with Crippen molar-refractivity contribution < 1.29 is 28.6 Å². The highest BCUT2D eigenvalue weighted by Crippen LogP contribution is 2.20. The number of thioether (sulfide) groups is 1. The maximum Gasteiger partial charge on any atom is 0.207 e. The van der Waals surface area contributed by atoms with Gasteiger partial charge in [0.25, 0.3) is 0 Å². The van der Waals surface area contributed by atoms with Gasteiger partial charge in [0, 0.05) is 13.3 Å². The summed E-state index contributed by atoms with van der Waals surface area (Å²) in [6.07, 6.45) is 11.4. The first-order valence-electron chi connectivity index (χ1n) is 7.49. The van der Waals surface area contributed by atoms with Crippen LogP contribution < -0.4 is 24.0 Å². The van der Waals surface area contributed by atoms with E-state index in [0.717, 1.165) is 5.25 Å². The molecular formula is C15H30INS. The van der Waals surface area contributed by atoms with Gasteiger partial charge in [-0.2, -0.15) is 0 Å². The van der Waals surface area contributed by atoms with Gasteiger partial charge in [-0.15, -0.1) is 0 Å². The number of unbranched alkanes of at least 4 members (excludes halogenated alkanes) is 7.